The molecule has 22 heavy (non-hydrogen) atoms. The van der Waals surface area contributed by atoms with Gasteiger partial charge in [-0.05, 0) is 43.0 Å². The lowest BCUT2D eigenvalue weighted by molar-refractivity contribution is -0.149. The second-order valence-electron chi connectivity index (χ2n) is 5.97. The molecule has 1 amide bonds. The van der Waals surface area contributed by atoms with Crippen LogP contribution < -0.4 is 10.1 Å². The van der Waals surface area contributed by atoms with Crippen LogP contribution in [0.4, 0.5) is 0 Å². The van der Waals surface area contributed by atoms with E-state index < -0.39 is 11.5 Å². The van der Waals surface area contributed by atoms with Crippen LogP contribution in [0, 0.1) is 6.92 Å². The zero-order chi connectivity index (χ0) is 16.2. The number of benzene rings is 1. The molecule has 2 rings (SSSR count). The Morgan fingerprint density at radius 2 is 1.95 bits per heavy atom. The monoisotopic (exact) mass is 305 g/mol. The molecule has 0 heterocycles. The van der Waals surface area contributed by atoms with Gasteiger partial charge in [-0.25, -0.2) is 4.79 Å². The van der Waals surface area contributed by atoms with E-state index in [2.05, 4.69) is 5.32 Å². The van der Waals surface area contributed by atoms with Gasteiger partial charge in [0.25, 0.3) is 0 Å². The minimum atomic E-state index is -1.09. The van der Waals surface area contributed by atoms with Gasteiger partial charge in [-0.2, -0.15) is 0 Å². The molecule has 5 nitrogen and oxygen atoms in total. The number of carbonyl (C=O) groups is 2. The van der Waals surface area contributed by atoms with Crippen molar-refractivity contribution >= 4 is 11.9 Å². The maximum Gasteiger partial charge on any atom is 0.329 e. The van der Waals surface area contributed by atoms with E-state index in [1.165, 1.54) is 0 Å². The minimum Gasteiger partial charge on any atom is -0.497 e. The van der Waals surface area contributed by atoms with Crippen LogP contribution in [0.15, 0.2) is 18.2 Å². The molecule has 0 aromatic heterocycles. The number of hydrogen-bond donors (Lipinski definition) is 2. The number of amides is 1. The Hall–Kier alpha value is -2.04. The number of aryl methyl sites for hydroxylation is 1. The summed E-state index contributed by atoms with van der Waals surface area (Å²) in [5, 5.41) is 12.3. The molecule has 1 saturated carbocycles. The highest BCUT2D eigenvalue weighted by molar-refractivity contribution is 5.88. The smallest absolute Gasteiger partial charge is 0.329 e. The van der Waals surface area contributed by atoms with Crippen LogP contribution in [-0.2, 0) is 16.0 Å². The average molecular weight is 305 g/mol. The van der Waals surface area contributed by atoms with E-state index in [0.717, 1.165) is 36.1 Å². The third kappa shape index (κ3) is 3.59. The quantitative estimate of drug-likeness (QED) is 0.876. The highest BCUT2D eigenvalue weighted by atomic mass is 16.5. The van der Waals surface area contributed by atoms with E-state index in [1.54, 1.807) is 7.11 Å². The lowest BCUT2D eigenvalue weighted by Crippen LogP contribution is -2.56. The van der Waals surface area contributed by atoms with Crippen molar-refractivity contribution in [2.24, 2.45) is 0 Å². The molecule has 1 fully saturated rings. The molecule has 1 aromatic carbocycles. The molecule has 0 aliphatic heterocycles. The molecule has 0 unspecified atom stereocenters. The number of aliphatic carboxylic acids is 1. The van der Waals surface area contributed by atoms with E-state index in [4.69, 9.17) is 4.74 Å². The Morgan fingerprint density at radius 3 is 2.50 bits per heavy atom. The molecule has 5 heteroatoms. The third-order valence-corrected chi connectivity index (χ3v) is 4.40. The van der Waals surface area contributed by atoms with Crippen molar-refractivity contribution in [1.29, 1.82) is 0 Å². The first kappa shape index (κ1) is 16.3. The van der Waals surface area contributed by atoms with Crippen LogP contribution in [-0.4, -0.2) is 29.6 Å². The summed E-state index contributed by atoms with van der Waals surface area (Å²) in [5.74, 6) is -0.416. The van der Waals surface area contributed by atoms with Crippen molar-refractivity contribution in [3.05, 3.63) is 29.3 Å². The Labute approximate surface area is 130 Å². The van der Waals surface area contributed by atoms with Crippen molar-refractivity contribution in [3.8, 4) is 5.75 Å². The van der Waals surface area contributed by atoms with Crippen LogP contribution in [0.1, 0.15) is 43.2 Å². The molecule has 0 bridgehead atoms. The van der Waals surface area contributed by atoms with Crippen molar-refractivity contribution < 1.29 is 19.4 Å². The van der Waals surface area contributed by atoms with Crippen LogP contribution in [0.25, 0.3) is 0 Å². The highest BCUT2D eigenvalue weighted by Crippen LogP contribution is 2.28. The fourth-order valence-corrected chi connectivity index (χ4v) is 3.03. The number of rotatable bonds is 5. The number of carbonyl (C=O) groups excluding carboxylic acids is 1. The second-order valence-corrected chi connectivity index (χ2v) is 5.97. The van der Waals surface area contributed by atoms with Crippen molar-refractivity contribution in [2.45, 2.75) is 51.0 Å². The highest BCUT2D eigenvalue weighted by Gasteiger charge is 2.40. The SMILES string of the molecule is COc1ccc(CC(=O)NC2(C(=O)O)CCCCC2)c(C)c1. The summed E-state index contributed by atoms with van der Waals surface area (Å²) < 4.78 is 5.15. The molecule has 1 aromatic rings. The van der Waals surface area contributed by atoms with Gasteiger partial charge >= 0.3 is 5.97 Å². The second kappa shape index (κ2) is 6.81. The molecule has 0 atom stereocenters. The topological polar surface area (TPSA) is 75.6 Å². The molecule has 0 spiro atoms. The largest absolute Gasteiger partial charge is 0.497 e. The van der Waals surface area contributed by atoms with E-state index in [9.17, 15) is 14.7 Å². The summed E-state index contributed by atoms with van der Waals surface area (Å²) >= 11 is 0. The molecule has 2 N–H and O–H groups in total. The Bertz CT molecular complexity index is 562. The first-order chi connectivity index (χ1) is 10.5. The fourth-order valence-electron chi connectivity index (χ4n) is 3.03. The molecule has 120 valence electrons. The zero-order valence-corrected chi connectivity index (χ0v) is 13.1. The Morgan fingerprint density at radius 1 is 1.27 bits per heavy atom. The molecule has 0 radical (unpaired) electrons. The normalized spacial score (nSPS) is 16.8. The summed E-state index contributed by atoms with van der Waals surface area (Å²) in [4.78, 5) is 23.9. The lowest BCUT2D eigenvalue weighted by Gasteiger charge is -2.34. The van der Waals surface area contributed by atoms with Crippen molar-refractivity contribution in [1.82, 2.24) is 5.32 Å². The summed E-state index contributed by atoms with van der Waals surface area (Å²) in [7, 11) is 1.60. The van der Waals surface area contributed by atoms with Crippen LogP contribution in [0.3, 0.4) is 0 Å². The number of carboxylic acid groups (broad SMARTS) is 1. The molecular weight excluding hydrogens is 282 g/mol. The van der Waals surface area contributed by atoms with Gasteiger partial charge < -0.3 is 15.2 Å². The van der Waals surface area contributed by atoms with E-state index in [0.29, 0.717) is 12.8 Å². The number of methoxy groups -OCH3 is 1. The average Bonchev–Trinajstić information content (AvgIpc) is 2.50. The van der Waals surface area contributed by atoms with Gasteiger partial charge in [-0.15, -0.1) is 0 Å². The Balaban J connectivity index is 2.07. The predicted octanol–water partition coefficient (Wildman–Crippen LogP) is 2.45. The van der Waals surface area contributed by atoms with Gasteiger partial charge in [0.2, 0.25) is 5.91 Å². The minimum absolute atomic E-state index is 0.185. The molecular formula is C17H23NO4. The molecule has 0 saturated heterocycles. The molecule has 1 aliphatic rings. The van der Waals surface area contributed by atoms with Crippen LogP contribution in [0.5, 0.6) is 5.75 Å². The summed E-state index contributed by atoms with van der Waals surface area (Å²) in [6, 6.07) is 5.53. The summed E-state index contributed by atoms with van der Waals surface area (Å²) in [6.07, 6.45) is 3.92. The Kier molecular flexibility index (Phi) is 5.06. The van der Waals surface area contributed by atoms with Gasteiger partial charge in [0.1, 0.15) is 11.3 Å². The van der Waals surface area contributed by atoms with Gasteiger partial charge in [0, 0.05) is 0 Å². The fraction of sp³-hybridized carbons (Fsp3) is 0.529. The number of carboxylic acids is 1. The van der Waals surface area contributed by atoms with Crippen LogP contribution >= 0.6 is 0 Å². The number of nitrogens with one attached hydrogen (secondary N) is 1. The number of hydrogen-bond acceptors (Lipinski definition) is 3. The van der Waals surface area contributed by atoms with Gasteiger partial charge in [0.15, 0.2) is 0 Å². The standard InChI is InChI=1S/C17H23NO4/c1-12-10-14(22-2)7-6-13(12)11-15(19)18-17(16(20)21)8-4-3-5-9-17/h6-7,10H,3-5,8-9,11H2,1-2H3,(H,18,19)(H,20,21). The van der Waals surface area contributed by atoms with Gasteiger partial charge in [-0.1, -0.05) is 25.3 Å². The maximum atomic E-state index is 12.3. The van der Waals surface area contributed by atoms with E-state index >= 15 is 0 Å². The number of ether oxygens (including phenoxy) is 1. The van der Waals surface area contributed by atoms with E-state index in [1.807, 2.05) is 25.1 Å². The first-order valence-corrected chi connectivity index (χ1v) is 7.65. The predicted molar refractivity (Wildman–Crippen MR) is 83.0 cm³/mol. The zero-order valence-electron chi connectivity index (χ0n) is 13.1. The van der Waals surface area contributed by atoms with Crippen LogP contribution in [0.2, 0.25) is 0 Å². The van der Waals surface area contributed by atoms with Crippen molar-refractivity contribution in [2.75, 3.05) is 7.11 Å². The van der Waals surface area contributed by atoms with E-state index in [-0.39, 0.29) is 12.3 Å². The van der Waals surface area contributed by atoms with Gasteiger partial charge in [0.05, 0.1) is 13.5 Å². The van der Waals surface area contributed by atoms with Gasteiger partial charge in [-0.3, -0.25) is 4.79 Å². The molecule has 1 aliphatic carbocycles. The first-order valence-electron chi connectivity index (χ1n) is 7.65. The summed E-state index contributed by atoms with van der Waals surface area (Å²) in [6.45, 7) is 1.92. The van der Waals surface area contributed by atoms with Crippen molar-refractivity contribution in [3.63, 3.8) is 0 Å². The third-order valence-electron chi connectivity index (χ3n) is 4.40. The maximum absolute atomic E-state index is 12.3. The summed E-state index contributed by atoms with van der Waals surface area (Å²) in [5.41, 5.74) is 0.757. The lowest BCUT2D eigenvalue weighted by atomic mass is 9.81.